The Hall–Kier alpha value is -2.61. The number of unbranched alkanes of at least 4 members (excludes halogenated alkanes) is 2. The van der Waals surface area contributed by atoms with Gasteiger partial charge < -0.3 is 10.2 Å². The minimum Gasteiger partial charge on any atom is -0.374 e. The molecule has 29 heavy (non-hydrogen) atoms. The fourth-order valence-electron chi connectivity index (χ4n) is 2.99. The fraction of sp³-hybridized carbons (Fsp3) is 0.333. The van der Waals surface area contributed by atoms with Crippen molar-refractivity contribution in [1.82, 2.24) is 9.97 Å². The number of benzene rings is 1. The number of aromatic nitrogens is 2. The molecule has 154 valence electrons. The number of anilines is 3. The maximum atomic E-state index is 13.7. The summed E-state index contributed by atoms with van der Waals surface area (Å²) < 4.78 is 41.0. The van der Waals surface area contributed by atoms with Gasteiger partial charge >= 0.3 is 6.18 Å². The van der Waals surface area contributed by atoms with E-state index in [2.05, 4.69) is 22.2 Å². The predicted molar refractivity (Wildman–Crippen MR) is 113 cm³/mol. The van der Waals surface area contributed by atoms with Gasteiger partial charge in [0, 0.05) is 48.3 Å². The summed E-state index contributed by atoms with van der Waals surface area (Å²) in [5.41, 5.74) is 1.49. The number of hydrogen-bond donors (Lipinski definition) is 1. The van der Waals surface area contributed by atoms with E-state index < -0.39 is 11.7 Å². The van der Waals surface area contributed by atoms with Gasteiger partial charge in [-0.25, -0.2) is 4.98 Å². The molecule has 2 aromatic heterocycles. The molecule has 0 spiro atoms. The summed E-state index contributed by atoms with van der Waals surface area (Å²) in [5.74, 6) is 0. The summed E-state index contributed by atoms with van der Waals surface area (Å²) in [7, 11) is 1.70. The highest BCUT2D eigenvalue weighted by molar-refractivity contribution is 7.14. The van der Waals surface area contributed by atoms with E-state index in [1.54, 1.807) is 30.4 Å². The Morgan fingerprint density at radius 3 is 2.69 bits per heavy atom. The molecule has 0 bridgehead atoms. The smallest absolute Gasteiger partial charge is 0.374 e. The number of halogens is 3. The molecule has 0 amide bonds. The average Bonchev–Trinajstić information content (AvgIpc) is 3.16. The second kappa shape index (κ2) is 9.26. The van der Waals surface area contributed by atoms with Crippen LogP contribution in [0.3, 0.4) is 0 Å². The van der Waals surface area contributed by atoms with Gasteiger partial charge in [0.2, 0.25) is 0 Å². The molecule has 1 N–H and O–H groups in total. The van der Waals surface area contributed by atoms with Crippen molar-refractivity contribution in [2.75, 3.05) is 23.8 Å². The number of alkyl halides is 3. The first-order chi connectivity index (χ1) is 13.9. The zero-order valence-electron chi connectivity index (χ0n) is 16.3. The maximum Gasteiger partial charge on any atom is 0.418 e. The van der Waals surface area contributed by atoms with Crippen LogP contribution in [0.5, 0.6) is 0 Å². The number of nitrogens with one attached hydrogen (secondary N) is 1. The molecule has 0 saturated heterocycles. The monoisotopic (exact) mass is 420 g/mol. The van der Waals surface area contributed by atoms with E-state index in [0.717, 1.165) is 36.6 Å². The van der Waals surface area contributed by atoms with Crippen LogP contribution in [-0.4, -0.2) is 23.6 Å². The first-order valence-corrected chi connectivity index (χ1v) is 10.3. The Labute approximate surface area is 172 Å². The molecule has 2 heterocycles. The summed E-state index contributed by atoms with van der Waals surface area (Å²) in [6.45, 7) is 2.66. The minimum absolute atomic E-state index is 0.189. The molecule has 1 aromatic carbocycles. The van der Waals surface area contributed by atoms with E-state index in [0.29, 0.717) is 17.4 Å². The van der Waals surface area contributed by atoms with Crippen molar-refractivity contribution in [1.29, 1.82) is 0 Å². The molecule has 0 atom stereocenters. The van der Waals surface area contributed by atoms with Gasteiger partial charge in [0.25, 0.3) is 0 Å². The Bertz CT molecular complexity index is 925. The molecule has 3 aromatic rings. The van der Waals surface area contributed by atoms with E-state index in [-0.39, 0.29) is 5.69 Å². The third kappa shape index (κ3) is 5.47. The van der Waals surface area contributed by atoms with Crippen LogP contribution >= 0.6 is 11.3 Å². The Balaban J connectivity index is 1.81. The second-order valence-electron chi connectivity index (χ2n) is 6.76. The quantitative estimate of drug-likeness (QED) is 0.417. The van der Waals surface area contributed by atoms with Gasteiger partial charge in [-0.05, 0) is 36.8 Å². The number of hydrogen-bond acceptors (Lipinski definition) is 5. The van der Waals surface area contributed by atoms with Gasteiger partial charge in [-0.2, -0.15) is 13.2 Å². The Morgan fingerprint density at radius 1 is 1.17 bits per heavy atom. The minimum atomic E-state index is -4.43. The Kier molecular flexibility index (Phi) is 6.74. The van der Waals surface area contributed by atoms with Crippen LogP contribution in [0, 0.1) is 0 Å². The molecular weight excluding hydrogens is 397 g/mol. The highest BCUT2D eigenvalue weighted by Crippen LogP contribution is 2.39. The average molecular weight is 421 g/mol. The number of rotatable bonds is 8. The van der Waals surface area contributed by atoms with Crippen molar-refractivity contribution in [3.8, 4) is 11.3 Å². The molecule has 4 nitrogen and oxygen atoms in total. The van der Waals surface area contributed by atoms with Crippen LogP contribution in [-0.2, 0) is 6.18 Å². The molecule has 0 aliphatic heterocycles. The lowest BCUT2D eigenvalue weighted by atomic mass is 10.1. The highest BCUT2D eigenvalue weighted by atomic mass is 32.1. The van der Waals surface area contributed by atoms with E-state index >= 15 is 0 Å². The van der Waals surface area contributed by atoms with E-state index in [1.807, 2.05) is 17.5 Å². The molecule has 8 heteroatoms. The molecule has 0 saturated carbocycles. The van der Waals surface area contributed by atoms with Crippen LogP contribution in [0.4, 0.5) is 29.7 Å². The van der Waals surface area contributed by atoms with Crippen LogP contribution < -0.4 is 10.2 Å². The largest absolute Gasteiger partial charge is 0.418 e. The van der Waals surface area contributed by atoms with Crippen LogP contribution in [0.15, 0.2) is 48.1 Å². The van der Waals surface area contributed by atoms with Gasteiger partial charge in [0.05, 0.1) is 11.3 Å². The summed E-state index contributed by atoms with van der Waals surface area (Å²) in [5, 5.41) is 5.37. The predicted octanol–water partition coefficient (Wildman–Crippen LogP) is 6.59. The summed E-state index contributed by atoms with van der Waals surface area (Å²) in [4.78, 5) is 10.2. The van der Waals surface area contributed by atoms with Crippen molar-refractivity contribution in [3.05, 3.63) is 53.7 Å². The summed E-state index contributed by atoms with van der Waals surface area (Å²) >= 11 is 1.33. The summed E-state index contributed by atoms with van der Waals surface area (Å²) in [6.07, 6.45) is 1.82. The standard InChI is InChI=1S/C21H23F3N4S/c1-3-4-5-11-28(2)19-9-8-16(12-17(19)21(22,23)24)26-20-27-18(14-29-20)15-7-6-10-25-13-15/h6-10,12-14H,3-5,11H2,1-2H3,(H,26,27). The van der Waals surface area contributed by atoms with Crippen molar-refractivity contribution >= 4 is 27.8 Å². The van der Waals surface area contributed by atoms with Gasteiger partial charge in [-0.3, -0.25) is 4.98 Å². The fourth-order valence-corrected chi connectivity index (χ4v) is 3.73. The number of pyridine rings is 1. The first kappa shape index (κ1) is 21.1. The van der Waals surface area contributed by atoms with E-state index in [1.165, 1.54) is 17.4 Å². The molecule has 0 aliphatic rings. The molecule has 0 fully saturated rings. The lowest BCUT2D eigenvalue weighted by molar-refractivity contribution is -0.137. The topological polar surface area (TPSA) is 41.0 Å². The van der Waals surface area contributed by atoms with Crippen LogP contribution in [0.1, 0.15) is 31.7 Å². The van der Waals surface area contributed by atoms with Crippen LogP contribution in [0.2, 0.25) is 0 Å². The van der Waals surface area contributed by atoms with Gasteiger partial charge in [-0.1, -0.05) is 19.8 Å². The molecule has 0 unspecified atom stereocenters. The third-order valence-corrected chi connectivity index (χ3v) is 5.28. The molecular formula is C21H23F3N4S. The molecule has 0 radical (unpaired) electrons. The molecule has 3 rings (SSSR count). The van der Waals surface area contributed by atoms with E-state index in [4.69, 9.17) is 0 Å². The van der Waals surface area contributed by atoms with Crippen molar-refractivity contribution in [3.63, 3.8) is 0 Å². The van der Waals surface area contributed by atoms with Crippen molar-refractivity contribution in [2.45, 2.75) is 32.4 Å². The van der Waals surface area contributed by atoms with E-state index in [9.17, 15) is 13.2 Å². The summed E-state index contributed by atoms with van der Waals surface area (Å²) in [6, 6.07) is 8.03. The number of nitrogens with zero attached hydrogens (tertiary/aromatic N) is 3. The third-order valence-electron chi connectivity index (χ3n) is 4.52. The van der Waals surface area contributed by atoms with Crippen molar-refractivity contribution in [2.24, 2.45) is 0 Å². The van der Waals surface area contributed by atoms with Gasteiger partial charge in [0.15, 0.2) is 5.13 Å². The highest BCUT2D eigenvalue weighted by Gasteiger charge is 2.34. The lowest BCUT2D eigenvalue weighted by Gasteiger charge is -2.24. The normalized spacial score (nSPS) is 11.5. The number of thiazole rings is 1. The lowest BCUT2D eigenvalue weighted by Crippen LogP contribution is -2.22. The Morgan fingerprint density at radius 2 is 2.00 bits per heavy atom. The maximum absolute atomic E-state index is 13.7. The van der Waals surface area contributed by atoms with Gasteiger partial charge in [-0.15, -0.1) is 11.3 Å². The zero-order valence-corrected chi connectivity index (χ0v) is 17.1. The zero-order chi connectivity index (χ0) is 20.9. The van der Waals surface area contributed by atoms with Crippen molar-refractivity contribution < 1.29 is 13.2 Å². The second-order valence-corrected chi connectivity index (χ2v) is 7.62. The van der Waals surface area contributed by atoms with Gasteiger partial charge in [0.1, 0.15) is 0 Å². The molecule has 0 aliphatic carbocycles. The SMILES string of the molecule is CCCCCN(C)c1ccc(Nc2nc(-c3cccnc3)cs2)cc1C(F)(F)F. The first-order valence-electron chi connectivity index (χ1n) is 9.44. The van der Waals surface area contributed by atoms with Crippen LogP contribution in [0.25, 0.3) is 11.3 Å².